The number of ether oxygens (including phenoxy) is 2. The van der Waals surface area contributed by atoms with E-state index in [1.165, 1.54) is 116 Å². The first kappa shape index (κ1) is 48.9. The molecule has 0 rings (SSSR count). The molecule has 0 radical (unpaired) electrons. The van der Waals surface area contributed by atoms with Gasteiger partial charge in [-0.2, -0.15) is 0 Å². The monoisotopic (exact) mass is 710 g/mol. The molecule has 0 aromatic carbocycles. The number of carbonyl (C=O) groups is 2. The number of aliphatic hydroxyl groups is 1. The van der Waals surface area contributed by atoms with Crippen molar-refractivity contribution in [1.82, 2.24) is 4.90 Å². The second-order valence-corrected chi connectivity index (χ2v) is 15.3. The second-order valence-electron chi connectivity index (χ2n) is 15.3. The lowest BCUT2D eigenvalue weighted by Crippen LogP contribution is -2.29. The first-order valence-corrected chi connectivity index (χ1v) is 22.1. The van der Waals surface area contributed by atoms with Crippen molar-refractivity contribution in [3.8, 4) is 0 Å². The van der Waals surface area contributed by atoms with Crippen molar-refractivity contribution >= 4 is 11.9 Å². The summed E-state index contributed by atoms with van der Waals surface area (Å²) in [6.07, 6.45) is 34.7. The lowest BCUT2D eigenvalue weighted by molar-refractivity contribution is -0.145. The average molecular weight is 710 g/mol. The molecule has 0 aliphatic heterocycles. The van der Waals surface area contributed by atoms with Crippen molar-refractivity contribution in [2.45, 2.75) is 220 Å². The fourth-order valence-electron chi connectivity index (χ4n) is 7.17. The Morgan fingerprint density at radius 2 is 0.780 bits per heavy atom. The van der Waals surface area contributed by atoms with Gasteiger partial charge >= 0.3 is 11.9 Å². The highest BCUT2D eigenvalue weighted by molar-refractivity contribution is 5.69. The molecule has 298 valence electrons. The van der Waals surface area contributed by atoms with Gasteiger partial charge in [0.05, 0.1) is 19.8 Å². The van der Waals surface area contributed by atoms with Crippen molar-refractivity contribution in [1.29, 1.82) is 0 Å². The van der Waals surface area contributed by atoms with Crippen molar-refractivity contribution in [2.24, 2.45) is 11.8 Å². The van der Waals surface area contributed by atoms with Gasteiger partial charge in [0.15, 0.2) is 0 Å². The zero-order valence-corrected chi connectivity index (χ0v) is 34.1. The number of carbonyl (C=O) groups excluding carboxylic acids is 2. The fourth-order valence-corrected chi connectivity index (χ4v) is 7.17. The molecule has 0 aromatic heterocycles. The summed E-state index contributed by atoms with van der Waals surface area (Å²) < 4.78 is 11.2. The molecule has 0 saturated carbocycles. The summed E-state index contributed by atoms with van der Waals surface area (Å²) >= 11 is 0. The molecule has 0 bridgehead atoms. The molecule has 0 aliphatic carbocycles. The van der Waals surface area contributed by atoms with Crippen LogP contribution >= 0.6 is 0 Å². The third kappa shape index (κ3) is 34.0. The zero-order chi connectivity index (χ0) is 36.8. The van der Waals surface area contributed by atoms with E-state index in [1.807, 2.05) is 0 Å². The maximum Gasteiger partial charge on any atom is 0.305 e. The third-order valence-electron chi connectivity index (χ3n) is 10.6. The van der Waals surface area contributed by atoms with Crippen LogP contribution in [0.25, 0.3) is 0 Å². The first-order valence-electron chi connectivity index (χ1n) is 22.1. The van der Waals surface area contributed by atoms with Gasteiger partial charge in [-0.1, -0.05) is 169 Å². The molecular formula is C44H87NO5. The van der Waals surface area contributed by atoms with Crippen LogP contribution in [0.5, 0.6) is 0 Å². The number of hydrogen-bond donors (Lipinski definition) is 1. The van der Waals surface area contributed by atoms with Crippen LogP contribution in [0.3, 0.4) is 0 Å². The van der Waals surface area contributed by atoms with E-state index in [0.717, 1.165) is 83.8 Å². The van der Waals surface area contributed by atoms with Gasteiger partial charge in [0.2, 0.25) is 0 Å². The maximum atomic E-state index is 12.3. The number of rotatable bonds is 40. The van der Waals surface area contributed by atoms with Crippen molar-refractivity contribution in [3.05, 3.63) is 0 Å². The van der Waals surface area contributed by atoms with Crippen LogP contribution < -0.4 is 0 Å². The summed E-state index contributed by atoms with van der Waals surface area (Å²) in [7, 11) is 0. The Labute approximate surface area is 312 Å². The summed E-state index contributed by atoms with van der Waals surface area (Å²) in [6, 6.07) is 0. The number of hydrogen-bond acceptors (Lipinski definition) is 6. The second kappa shape index (κ2) is 39.1. The minimum absolute atomic E-state index is 0.0189. The normalized spacial score (nSPS) is 11.7. The van der Waals surface area contributed by atoms with Crippen LogP contribution in [0.1, 0.15) is 220 Å². The topological polar surface area (TPSA) is 76.1 Å². The molecule has 6 nitrogen and oxygen atoms in total. The molecule has 0 heterocycles. The van der Waals surface area contributed by atoms with E-state index < -0.39 is 0 Å². The molecule has 1 N–H and O–H groups in total. The number of nitrogens with zero attached hydrogens (tertiary/aromatic N) is 1. The summed E-state index contributed by atoms with van der Waals surface area (Å²) in [5, 5.41) is 9.53. The largest absolute Gasteiger partial charge is 0.466 e. The molecule has 0 aromatic rings. The molecule has 0 amide bonds. The summed E-state index contributed by atoms with van der Waals surface area (Å²) in [5.41, 5.74) is 0. The third-order valence-corrected chi connectivity index (χ3v) is 10.6. The lowest BCUT2D eigenvalue weighted by Gasteiger charge is -2.21. The Morgan fingerprint density at radius 3 is 1.12 bits per heavy atom. The van der Waals surface area contributed by atoms with Crippen molar-refractivity contribution in [3.63, 3.8) is 0 Å². The SMILES string of the molecule is CCCCCC(CCCCC)CCOC(=O)CCCCCCCN(CCO)CCCCCCCC(=O)OCCC(CCCCC)CCCCC. The van der Waals surface area contributed by atoms with Gasteiger partial charge in [-0.15, -0.1) is 0 Å². The predicted octanol–water partition coefficient (Wildman–Crippen LogP) is 12.4. The Morgan fingerprint density at radius 1 is 0.440 bits per heavy atom. The van der Waals surface area contributed by atoms with Gasteiger partial charge in [0, 0.05) is 19.4 Å². The Bertz CT molecular complexity index is 641. The van der Waals surface area contributed by atoms with Crippen LogP contribution in [0, 0.1) is 11.8 Å². The van der Waals surface area contributed by atoms with Crippen LogP contribution in [0.4, 0.5) is 0 Å². The van der Waals surface area contributed by atoms with Crippen LogP contribution in [-0.4, -0.2) is 61.4 Å². The van der Waals surface area contributed by atoms with E-state index in [1.54, 1.807) is 0 Å². The quantitative estimate of drug-likeness (QED) is 0.0504. The Hall–Kier alpha value is -1.14. The molecule has 50 heavy (non-hydrogen) atoms. The van der Waals surface area contributed by atoms with Gasteiger partial charge < -0.3 is 19.5 Å². The number of esters is 2. The summed E-state index contributed by atoms with van der Waals surface area (Å²) in [6.45, 7) is 13.2. The molecule has 0 saturated heterocycles. The van der Waals surface area contributed by atoms with Gasteiger partial charge in [0.25, 0.3) is 0 Å². The fraction of sp³-hybridized carbons (Fsp3) is 0.955. The van der Waals surface area contributed by atoms with E-state index in [2.05, 4.69) is 32.6 Å². The van der Waals surface area contributed by atoms with Gasteiger partial charge in [-0.25, -0.2) is 0 Å². The molecule has 0 spiro atoms. The van der Waals surface area contributed by atoms with Crippen LogP contribution in [0.15, 0.2) is 0 Å². The molecule has 0 atom stereocenters. The summed E-state index contributed by atoms with van der Waals surface area (Å²) in [4.78, 5) is 26.9. The van der Waals surface area contributed by atoms with E-state index in [-0.39, 0.29) is 18.5 Å². The molecule has 0 fully saturated rings. The van der Waals surface area contributed by atoms with Crippen LogP contribution in [-0.2, 0) is 19.1 Å². The Balaban J connectivity index is 3.89. The van der Waals surface area contributed by atoms with Gasteiger partial charge in [-0.3, -0.25) is 9.59 Å². The standard InChI is InChI=1S/C44H87NO5/c1-5-9-19-27-41(28-20-10-6-2)33-39-49-43(47)31-23-15-13-17-25-35-45(37-38-46)36-26-18-14-16-24-32-44(48)50-40-34-42(29-21-11-7-3)30-22-12-8-4/h41-42,46H,5-40H2,1-4H3. The van der Waals surface area contributed by atoms with Crippen LogP contribution in [0.2, 0.25) is 0 Å². The van der Waals surface area contributed by atoms with Gasteiger partial charge in [0.1, 0.15) is 0 Å². The predicted molar refractivity (Wildman–Crippen MR) is 214 cm³/mol. The average Bonchev–Trinajstić information content (AvgIpc) is 3.10. The molecular weight excluding hydrogens is 622 g/mol. The molecule has 6 heteroatoms. The Kier molecular flexibility index (Phi) is 38.2. The van der Waals surface area contributed by atoms with Crippen molar-refractivity contribution < 1.29 is 24.2 Å². The lowest BCUT2D eigenvalue weighted by atomic mass is 9.92. The van der Waals surface area contributed by atoms with Crippen molar-refractivity contribution in [2.75, 3.05) is 39.5 Å². The number of aliphatic hydroxyl groups excluding tert-OH is 1. The zero-order valence-electron chi connectivity index (χ0n) is 34.1. The molecule has 0 unspecified atom stereocenters. The minimum Gasteiger partial charge on any atom is -0.466 e. The van der Waals surface area contributed by atoms with E-state index >= 15 is 0 Å². The first-order chi connectivity index (χ1) is 24.5. The number of unbranched alkanes of at least 4 members (excludes halogenated alkanes) is 16. The highest BCUT2D eigenvalue weighted by atomic mass is 16.5. The maximum absolute atomic E-state index is 12.3. The smallest absolute Gasteiger partial charge is 0.305 e. The minimum atomic E-state index is -0.0189. The van der Waals surface area contributed by atoms with Gasteiger partial charge in [-0.05, 0) is 63.5 Å². The van der Waals surface area contributed by atoms with E-state index in [4.69, 9.17) is 9.47 Å². The molecule has 0 aliphatic rings. The highest BCUT2D eigenvalue weighted by Gasteiger charge is 2.12. The van der Waals surface area contributed by atoms with E-state index in [9.17, 15) is 14.7 Å². The van der Waals surface area contributed by atoms with E-state index in [0.29, 0.717) is 37.9 Å². The highest BCUT2D eigenvalue weighted by Crippen LogP contribution is 2.22. The summed E-state index contributed by atoms with van der Waals surface area (Å²) in [5.74, 6) is 1.38.